The summed E-state index contributed by atoms with van der Waals surface area (Å²) in [6.07, 6.45) is -1.74. The third kappa shape index (κ3) is 4.93. The van der Waals surface area contributed by atoms with Gasteiger partial charge in [-0.05, 0) is 29.8 Å². The van der Waals surface area contributed by atoms with Gasteiger partial charge in [0.15, 0.2) is 11.5 Å². The standard InChI is InChI=1S/C21H17ClF3N5O/c22-16-5-3-14(4-6-16)12-30-9-8-29(13-19(30)31)18-10-17(21(23,24)25)27-20(28-18)15-2-1-7-26-11-15/h1-7,10-11H,8-9,12-13H2. The van der Waals surface area contributed by atoms with Crippen molar-refractivity contribution in [2.24, 2.45) is 0 Å². The molecule has 0 saturated carbocycles. The Balaban J connectivity index is 1.57. The second kappa shape index (κ2) is 8.50. The summed E-state index contributed by atoms with van der Waals surface area (Å²) in [5.41, 5.74) is 0.224. The molecule has 0 bridgehead atoms. The molecule has 0 unspecified atom stereocenters. The fourth-order valence-corrected chi connectivity index (χ4v) is 3.37. The van der Waals surface area contributed by atoms with Crippen molar-refractivity contribution < 1.29 is 18.0 Å². The minimum Gasteiger partial charge on any atom is -0.345 e. The highest BCUT2D eigenvalue weighted by atomic mass is 35.5. The van der Waals surface area contributed by atoms with Crippen molar-refractivity contribution >= 4 is 23.3 Å². The van der Waals surface area contributed by atoms with Crippen LogP contribution in [0.5, 0.6) is 0 Å². The summed E-state index contributed by atoms with van der Waals surface area (Å²) in [6.45, 7) is 1.03. The second-order valence-corrected chi connectivity index (χ2v) is 7.47. The molecule has 0 spiro atoms. The number of alkyl halides is 3. The Kier molecular flexibility index (Phi) is 5.77. The zero-order valence-electron chi connectivity index (χ0n) is 16.2. The zero-order chi connectivity index (χ0) is 22.0. The van der Waals surface area contributed by atoms with Crippen molar-refractivity contribution in [3.63, 3.8) is 0 Å². The maximum Gasteiger partial charge on any atom is 0.433 e. The van der Waals surface area contributed by atoms with E-state index in [0.29, 0.717) is 30.2 Å². The van der Waals surface area contributed by atoms with E-state index in [4.69, 9.17) is 11.6 Å². The van der Waals surface area contributed by atoms with Gasteiger partial charge in [0.1, 0.15) is 5.82 Å². The average Bonchev–Trinajstić information content (AvgIpc) is 2.76. The van der Waals surface area contributed by atoms with Gasteiger partial charge >= 0.3 is 6.18 Å². The largest absolute Gasteiger partial charge is 0.433 e. The first-order valence-corrected chi connectivity index (χ1v) is 9.81. The van der Waals surface area contributed by atoms with Gasteiger partial charge in [-0.25, -0.2) is 9.97 Å². The molecule has 10 heteroatoms. The molecular weight excluding hydrogens is 431 g/mol. The Labute approximate surface area is 181 Å². The molecule has 1 saturated heterocycles. The van der Waals surface area contributed by atoms with Gasteiger partial charge in [-0.3, -0.25) is 9.78 Å². The molecule has 31 heavy (non-hydrogen) atoms. The quantitative estimate of drug-likeness (QED) is 0.603. The molecule has 3 heterocycles. The Bertz CT molecular complexity index is 1080. The van der Waals surface area contributed by atoms with E-state index in [2.05, 4.69) is 15.0 Å². The number of anilines is 1. The van der Waals surface area contributed by atoms with Crippen molar-refractivity contribution in [3.05, 3.63) is 71.1 Å². The molecule has 1 aliphatic rings. The number of benzene rings is 1. The molecule has 1 aliphatic heterocycles. The average molecular weight is 448 g/mol. The molecule has 1 fully saturated rings. The highest BCUT2D eigenvalue weighted by Crippen LogP contribution is 2.32. The zero-order valence-corrected chi connectivity index (χ0v) is 16.9. The fraction of sp³-hybridized carbons (Fsp3) is 0.238. The summed E-state index contributed by atoms with van der Waals surface area (Å²) < 4.78 is 40.3. The van der Waals surface area contributed by atoms with Crippen molar-refractivity contribution in [2.45, 2.75) is 12.7 Å². The summed E-state index contributed by atoms with van der Waals surface area (Å²) in [5, 5.41) is 0.605. The smallest absolute Gasteiger partial charge is 0.345 e. The minimum absolute atomic E-state index is 0.0562. The topological polar surface area (TPSA) is 62.2 Å². The maximum atomic E-state index is 13.4. The van der Waals surface area contributed by atoms with Gasteiger partial charge in [-0.2, -0.15) is 13.2 Å². The predicted octanol–water partition coefficient (Wildman–Crippen LogP) is 4.06. The van der Waals surface area contributed by atoms with Crippen LogP contribution >= 0.6 is 11.6 Å². The van der Waals surface area contributed by atoms with Crippen LogP contribution in [0.2, 0.25) is 5.02 Å². The summed E-state index contributed by atoms with van der Waals surface area (Å²) in [4.78, 5) is 27.7. The van der Waals surface area contributed by atoms with Gasteiger partial charge in [-0.1, -0.05) is 23.7 Å². The van der Waals surface area contributed by atoms with E-state index in [9.17, 15) is 18.0 Å². The number of hydrogen-bond donors (Lipinski definition) is 0. The third-order valence-electron chi connectivity index (χ3n) is 4.85. The van der Waals surface area contributed by atoms with Crippen LogP contribution in [0.15, 0.2) is 54.9 Å². The fourth-order valence-electron chi connectivity index (χ4n) is 3.25. The number of carbonyl (C=O) groups is 1. The van der Waals surface area contributed by atoms with Crippen LogP contribution in [0.1, 0.15) is 11.3 Å². The number of piperazine rings is 1. The van der Waals surface area contributed by atoms with Crippen molar-refractivity contribution in [2.75, 3.05) is 24.5 Å². The van der Waals surface area contributed by atoms with Crippen LogP contribution in [0, 0.1) is 0 Å². The van der Waals surface area contributed by atoms with Gasteiger partial charge < -0.3 is 9.80 Å². The summed E-state index contributed by atoms with van der Waals surface area (Å²) >= 11 is 5.89. The van der Waals surface area contributed by atoms with Crippen LogP contribution < -0.4 is 4.90 Å². The van der Waals surface area contributed by atoms with E-state index in [1.807, 2.05) is 12.1 Å². The molecule has 1 amide bonds. The van der Waals surface area contributed by atoms with Crippen LogP contribution in [0.3, 0.4) is 0 Å². The molecule has 0 atom stereocenters. The number of aromatic nitrogens is 3. The number of hydrogen-bond acceptors (Lipinski definition) is 5. The van der Waals surface area contributed by atoms with Crippen LogP contribution in [-0.4, -0.2) is 45.4 Å². The summed E-state index contributed by atoms with van der Waals surface area (Å²) in [5.74, 6) is -0.231. The Morgan fingerprint density at radius 2 is 1.84 bits per heavy atom. The second-order valence-electron chi connectivity index (χ2n) is 7.04. The van der Waals surface area contributed by atoms with E-state index in [0.717, 1.165) is 11.6 Å². The molecule has 6 nitrogen and oxygen atoms in total. The molecule has 160 valence electrons. The van der Waals surface area contributed by atoms with Gasteiger partial charge in [0.05, 0.1) is 6.54 Å². The van der Waals surface area contributed by atoms with Crippen LogP contribution in [0.4, 0.5) is 19.0 Å². The summed E-state index contributed by atoms with van der Waals surface area (Å²) in [6, 6.07) is 11.2. The van der Waals surface area contributed by atoms with Gasteiger partial charge in [-0.15, -0.1) is 0 Å². The van der Waals surface area contributed by atoms with E-state index in [1.165, 1.54) is 17.3 Å². The molecule has 1 aromatic carbocycles. The molecular formula is C21H17ClF3N5O. The predicted molar refractivity (Wildman–Crippen MR) is 109 cm³/mol. The lowest BCUT2D eigenvalue weighted by molar-refractivity contribution is -0.141. The number of carbonyl (C=O) groups excluding carboxylic acids is 1. The maximum absolute atomic E-state index is 13.4. The SMILES string of the molecule is O=C1CN(c2cc(C(F)(F)F)nc(-c3cccnc3)n2)CCN1Cc1ccc(Cl)cc1. The van der Waals surface area contributed by atoms with Crippen molar-refractivity contribution in [3.8, 4) is 11.4 Å². The number of halogens is 4. The first-order chi connectivity index (χ1) is 14.8. The Morgan fingerprint density at radius 3 is 2.48 bits per heavy atom. The first-order valence-electron chi connectivity index (χ1n) is 9.43. The highest BCUT2D eigenvalue weighted by Gasteiger charge is 2.35. The molecule has 0 N–H and O–H groups in total. The van der Waals surface area contributed by atoms with Crippen LogP contribution in [0.25, 0.3) is 11.4 Å². The molecule has 4 rings (SSSR count). The highest BCUT2D eigenvalue weighted by molar-refractivity contribution is 6.30. The van der Waals surface area contributed by atoms with Gasteiger partial charge in [0.25, 0.3) is 0 Å². The number of pyridine rings is 1. The lowest BCUT2D eigenvalue weighted by Gasteiger charge is -2.35. The first kappa shape index (κ1) is 21.0. The summed E-state index contributed by atoms with van der Waals surface area (Å²) in [7, 11) is 0. The molecule has 2 aromatic heterocycles. The molecule has 0 aliphatic carbocycles. The normalized spacial score (nSPS) is 14.8. The molecule has 0 radical (unpaired) electrons. The third-order valence-corrected chi connectivity index (χ3v) is 5.10. The van der Waals surface area contributed by atoms with E-state index >= 15 is 0 Å². The van der Waals surface area contributed by atoms with Gasteiger partial charge in [0, 0.05) is 48.7 Å². The van der Waals surface area contributed by atoms with E-state index in [-0.39, 0.29) is 24.1 Å². The van der Waals surface area contributed by atoms with Crippen LogP contribution in [-0.2, 0) is 17.5 Å². The molecule has 3 aromatic rings. The van der Waals surface area contributed by atoms with Crippen molar-refractivity contribution in [1.82, 2.24) is 19.9 Å². The number of amides is 1. The Morgan fingerprint density at radius 1 is 1.06 bits per heavy atom. The number of rotatable bonds is 4. The lowest BCUT2D eigenvalue weighted by atomic mass is 10.2. The minimum atomic E-state index is -4.64. The lowest BCUT2D eigenvalue weighted by Crippen LogP contribution is -2.50. The monoisotopic (exact) mass is 447 g/mol. The van der Waals surface area contributed by atoms with Gasteiger partial charge in [0.2, 0.25) is 5.91 Å². The number of nitrogens with zero attached hydrogens (tertiary/aromatic N) is 5. The Hall–Kier alpha value is -3.20. The van der Waals surface area contributed by atoms with E-state index < -0.39 is 11.9 Å². The van der Waals surface area contributed by atoms with Crippen molar-refractivity contribution in [1.29, 1.82) is 0 Å². The van der Waals surface area contributed by atoms with E-state index in [1.54, 1.807) is 29.2 Å².